The molecule has 1 aliphatic rings. The van der Waals surface area contributed by atoms with Gasteiger partial charge in [0.05, 0.1) is 23.1 Å². The first kappa shape index (κ1) is 29.1. The Morgan fingerprint density at radius 1 is 1.21 bits per heavy atom. The van der Waals surface area contributed by atoms with E-state index in [1.165, 1.54) is 11.1 Å². The zero-order chi connectivity index (χ0) is 27.5. The van der Waals surface area contributed by atoms with Crippen LogP contribution in [0, 0.1) is 0 Å². The molecule has 0 fully saturated rings. The van der Waals surface area contributed by atoms with Crippen LogP contribution < -0.4 is 28.3 Å². The molecule has 1 aromatic carbocycles. The number of nitrogens with one attached hydrogen (secondary N) is 2. The van der Waals surface area contributed by atoms with E-state index >= 15 is 0 Å². The van der Waals surface area contributed by atoms with Crippen molar-refractivity contribution in [2.75, 3.05) is 18.8 Å². The Kier molecular flexibility index (Phi) is 11.1. The van der Waals surface area contributed by atoms with Gasteiger partial charge in [0.2, 0.25) is 0 Å². The van der Waals surface area contributed by atoms with Crippen molar-refractivity contribution in [3.05, 3.63) is 58.8 Å². The molecule has 38 heavy (non-hydrogen) atoms. The smallest absolute Gasteiger partial charge is 0.185 e. The summed E-state index contributed by atoms with van der Waals surface area (Å²) in [4.78, 5) is 16.9. The van der Waals surface area contributed by atoms with Crippen molar-refractivity contribution in [1.29, 1.82) is 0 Å². The van der Waals surface area contributed by atoms with Crippen LogP contribution in [0.3, 0.4) is 0 Å². The molecule has 1 aliphatic heterocycles. The lowest BCUT2D eigenvalue weighted by Gasteiger charge is -2.20. The monoisotopic (exact) mass is 519 g/mol. The number of H-pyrrole nitrogens is 1. The van der Waals surface area contributed by atoms with Gasteiger partial charge in [0.1, 0.15) is 5.82 Å². The summed E-state index contributed by atoms with van der Waals surface area (Å²) < 4.78 is 0. The molecule has 9 nitrogen and oxygen atoms in total. The summed E-state index contributed by atoms with van der Waals surface area (Å²) in [5, 5.41) is 3.49. The van der Waals surface area contributed by atoms with Crippen molar-refractivity contribution >= 4 is 29.4 Å². The van der Waals surface area contributed by atoms with Gasteiger partial charge in [-0.15, -0.1) is 0 Å². The number of benzene rings is 1. The maximum absolute atomic E-state index is 6.31. The number of dihydropyridines is 1. The standard InChI is InChI=1S/C29H45N9/c1-4-24-15-21(8-5-7-19(2)30)16-26(37-24)27-17-23(28(31)38-27)18-36-25-11-9-22(10-12-25)20(3)34-13-6-14-35-29(32)33/h9-12,16-20,24,34,38H,4-8,13-15,30-31H2,1-3H3,(H4,32,33,35). The van der Waals surface area contributed by atoms with Crippen molar-refractivity contribution in [2.45, 2.75) is 77.4 Å². The lowest BCUT2D eigenvalue weighted by Crippen LogP contribution is -2.24. The van der Waals surface area contributed by atoms with Gasteiger partial charge in [0.25, 0.3) is 0 Å². The maximum Gasteiger partial charge on any atom is 0.185 e. The molecule has 0 saturated carbocycles. The van der Waals surface area contributed by atoms with E-state index in [-0.39, 0.29) is 18.0 Å². The molecule has 0 radical (unpaired) electrons. The van der Waals surface area contributed by atoms with Crippen LogP contribution in [-0.2, 0) is 0 Å². The largest absolute Gasteiger partial charge is 0.385 e. The fraction of sp³-hybridized carbons (Fsp3) is 0.483. The van der Waals surface area contributed by atoms with Crippen LogP contribution in [0.5, 0.6) is 0 Å². The number of allylic oxidation sites excluding steroid dienone is 1. The third-order valence-electron chi connectivity index (χ3n) is 6.77. The summed E-state index contributed by atoms with van der Waals surface area (Å²) in [6.45, 7) is 7.85. The molecule has 3 unspecified atom stereocenters. The number of anilines is 1. The van der Waals surface area contributed by atoms with E-state index in [1.807, 2.05) is 24.4 Å². The number of hydrogen-bond donors (Lipinski definition) is 6. The zero-order valence-corrected chi connectivity index (χ0v) is 23.1. The second kappa shape index (κ2) is 14.5. The number of aliphatic imine (C=N–C) groups is 3. The van der Waals surface area contributed by atoms with Crippen LogP contribution in [-0.4, -0.2) is 48.0 Å². The van der Waals surface area contributed by atoms with Crippen molar-refractivity contribution in [2.24, 2.45) is 32.2 Å². The first-order valence-electron chi connectivity index (χ1n) is 13.7. The number of nitrogens with two attached hydrogens (primary N) is 4. The molecular formula is C29H45N9. The molecule has 10 N–H and O–H groups in total. The summed E-state index contributed by atoms with van der Waals surface area (Å²) in [6, 6.07) is 11.0. The average Bonchev–Trinajstić information content (AvgIpc) is 3.27. The normalized spacial score (nSPS) is 17.2. The average molecular weight is 520 g/mol. The van der Waals surface area contributed by atoms with E-state index in [2.05, 4.69) is 59.3 Å². The summed E-state index contributed by atoms with van der Waals surface area (Å²) in [7, 11) is 0. The summed E-state index contributed by atoms with van der Waals surface area (Å²) >= 11 is 0. The highest BCUT2D eigenvalue weighted by Crippen LogP contribution is 2.25. The SMILES string of the molecule is CCC1CC(CCCC(C)N)=CC(c2cc(C=Nc3ccc(C(C)NCCCN=C(N)N)cc3)c(N)[nH]2)=N1. The van der Waals surface area contributed by atoms with Gasteiger partial charge in [0, 0.05) is 30.4 Å². The second-order valence-corrected chi connectivity index (χ2v) is 10.2. The molecule has 0 aliphatic carbocycles. The Bertz CT molecular complexity index is 1140. The topological polar surface area (TPSA) is 169 Å². The number of guanidine groups is 1. The van der Waals surface area contributed by atoms with Gasteiger partial charge in [-0.3, -0.25) is 15.0 Å². The molecule has 2 aromatic rings. The predicted octanol–water partition coefficient (Wildman–Crippen LogP) is 4.08. The minimum absolute atomic E-state index is 0.134. The molecular weight excluding hydrogens is 474 g/mol. The van der Waals surface area contributed by atoms with Gasteiger partial charge >= 0.3 is 0 Å². The highest BCUT2D eigenvalue weighted by atomic mass is 15.0. The number of aromatic amines is 1. The zero-order valence-electron chi connectivity index (χ0n) is 23.1. The molecule has 9 heteroatoms. The molecule has 3 rings (SSSR count). The van der Waals surface area contributed by atoms with Crippen LogP contribution in [0.25, 0.3) is 0 Å². The maximum atomic E-state index is 6.31. The van der Waals surface area contributed by atoms with Crippen LogP contribution in [0.4, 0.5) is 11.5 Å². The minimum atomic E-state index is 0.134. The number of hydrogen-bond acceptors (Lipinski definition) is 6. The Balaban J connectivity index is 1.62. The highest BCUT2D eigenvalue weighted by molar-refractivity contribution is 6.10. The Morgan fingerprint density at radius 3 is 2.66 bits per heavy atom. The van der Waals surface area contributed by atoms with Crippen molar-refractivity contribution < 1.29 is 0 Å². The van der Waals surface area contributed by atoms with Crippen LogP contribution in [0.2, 0.25) is 0 Å². The fourth-order valence-corrected chi connectivity index (χ4v) is 4.49. The summed E-state index contributed by atoms with van der Waals surface area (Å²) in [5.41, 5.74) is 29.2. The van der Waals surface area contributed by atoms with Gasteiger partial charge < -0.3 is 33.2 Å². The van der Waals surface area contributed by atoms with Gasteiger partial charge in [-0.05, 0) is 88.8 Å². The summed E-state index contributed by atoms with van der Waals surface area (Å²) in [6.07, 6.45) is 10.1. The molecule has 1 aromatic heterocycles. The molecule has 0 spiro atoms. The van der Waals surface area contributed by atoms with Gasteiger partial charge in [0.15, 0.2) is 5.96 Å². The molecule has 206 valence electrons. The van der Waals surface area contributed by atoms with Crippen LogP contribution in [0.1, 0.15) is 82.2 Å². The lowest BCUT2D eigenvalue weighted by atomic mass is 9.94. The van der Waals surface area contributed by atoms with E-state index < -0.39 is 0 Å². The number of nitrogen functional groups attached to an aromatic ring is 1. The molecule has 0 bridgehead atoms. The second-order valence-electron chi connectivity index (χ2n) is 10.2. The van der Waals surface area contributed by atoms with E-state index in [4.69, 9.17) is 27.9 Å². The molecule has 0 saturated heterocycles. The van der Waals surface area contributed by atoms with Crippen LogP contribution in [0.15, 0.2) is 57.0 Å². The van der Waals surface area contributed by atoms with Gasteiger partial charge in [-0.2, -0.15) is 0 Å². The first-order chi connectivity index (χ1) is 18.2. The van der Waals surface area contributed by atoms with Crippen LogP contribution >= 0.6 is 0 Å². The van der Waals surface area contributed by atoms with E-state index in [9.17, 15) is 0 Å². The van der Waals surface area contributed by atoms with Gasteiger partial charge in [-0.25, -0.2) is 0 Å². The summed E-state index contributed by atoms with van der Waals surface area (Å²) in [5.74, 6) is 0.724. The third kappa shape index (κ3) is 9.15. The molecule has 3 atom stereocenters. The third-order valence-corrected chi connectivity index (χ3v) is 6.77. The quantitative estimate of drug-likeness (QED) is 0.125. The Morgan fingerprint density at radius 2 is 1.97 bits per heavy atom. The highest BCUT2D eigenvalue weighted by Gasteiger charge is 2.18. The van der Waals surface area contributed by atoms with E-state index in [0.29, 0.717) is 18.4 Å². The first-order valence-corrected chi connectivity index (χ1v) is 13.7. The fourth-order valence-electron chi connectivity index (χ4n) is 4.49. The number of aromatic nitrogens is 1. The number of nitrogens with zero attached hydrogens (tertiary/aromatic N) is 3. The van der Waals surface area contributed by atoms with Crippen molar-refractivity contribution in [3.63, 3.8) is 0 Å². The predicted molar refractivity (Wildman–Crippen MR) is 161 cm³/mol. The number of rotatable bonds is 14. The van der Waals surface area contributed by atoms with E-state index in [0.717, 1.165) is 67.7 Å². The van der Waals surface area contributed by atoms with Crippen molar-refractivity contribution in [1.82, 2.24) is 10.3 Å². The minimum Gasteiger partial charge on any atom is -0.385 e. The van der Waals surface area contributed by atoms with Crippen molar-refractivity contribution in [3.8, 4) is 0 Å². The van der Waals surface area contributed by atoms with E-state index in [1.54, 1.807) is 0 Å². The molecule has 2 heterocycles. The Hall–Kier alpha value is -3.43. The lowest BCUT2D eigenvalue weighted by molar-refractivity contribution is 0.562. The Labute approximate surface area is 227 Å². The van der Waals surface area contributed by atoms with Gasteiger partial charge in [-0.1, -0.05) is 24.6 Å². The molecule has 0 amide bonds.